The van der Waals surface area contributed by atoms with Gasteiger partial charge in [0.1, 0.15) is 0 Å². The van der Waals surface area contributed by atoms with Crippen molar-refractivity contribution in [3.8, 4) is 0 Å². The van der Waals surface area contributed by atoms with Gasteiger partial charge < -0.3 is 15.3 Å². The normalized spacial score (nSPS) is 21.7. The molecular formula is C17H22F3N3O3. The Hall–Kier alpha value is -2.32. The van der Waals surface area contributed by atoms with E-state index in [1.54, 1.807) is 18.5 Å². The molecule has 1 aliphatic heterocycles. The molecule has 26 heavy (non-hydrogen) atoms. The summed E-state index contributed by atoms with van der Waals surface area (Å²) in [6, 6.07) is 2.97. The zero-order valence-electron chi connectivity index (χ0n) is 14.5. The van der Waals surface area contributed by atoms with E-state index in [0.717, 1.165) is 10.5 Å². The van der Waals surface area contributed by atoms with Crippen molar-refractivity contribution in [1.29, 1.82) is 0 Å². The number of pyridine rings is 1. The highest BCUT2D eigenvalue weighted by atomic mass is 19.4. The Balaban J connectivity index is 2.02. The molecule has 0 aromatic carbocycles. The third-order valence-electron chi connectivity index (χ3n) is 4.74. The number of halogens is 3. The monoisotopic (exact) mass is 373 g/mol. The standard InChI is InChI=1S/C17H22F3N3O3/c1-10(2)12(11-4-3-5-21-6-11)7-22-16(26)23-8-13(15(24)25)14(9-23)17(18,19)20/h3-6,10,12-14H,7-9H2,1-2H3,(H,22,26)(H,24,25)/t12?,13-,14-/m1/s1. The highest BCUT2D eigenvalue weighted by Gasteiger charge is 2.53. The van der Waals surface area contributed by atoms with Gasteiger partial charge in [0.25, 0.3) is 0 Å². The molecule has 1 aromatic heterocycles. The lowest BCUT2D eigenvalue weighted by molar-refractivity contribution is -0.187. The second kappa shape index (κ2) is 7.92. The predicted molar refractivity (Wildman–Crippen MR) is 87.5 cm³/mol. The number of carboxylic acids is 1. The average Bonchev–Trinajstić information content (AvgIpc) is 3.01. The van der Waals surface area contributed by atoms with Gasteiger partial charge >= 0.3 is 18.2 Å². The number of nitrogens with zero attached hydrogens (tertiary/aromatic N) is 2. The van der Waals surface area contributed by atoms with Crippen LogP contribution >= 0.6 is 0 Å². The van der Waals surface area contributed by atoms with Gasteiger partial charge in [-0.1, -0.05) is 19.9 Å². The summed E-state index contributed by atoms with van der Waals surface area (Å²) in [5.41, 5.74) is 0.917. The molecule has 1 unspecified atom stereocenters. The van der Waals surface area contributed by atoms with Crippen molar-refractivity contribution in [1.82, 2.24) is 15.2 Å². The Bertz CT molecular complexity index is 637. The number of aliphatic carboxylic acids is 1. The lowest BCUT2D eigenvalue weighted by Crippen LogP contribution is -2.41. The first-order valence-corrected chi connectivity index (χ1v) is 8.33. The second-order valence-electron chi connectivity index (χ2n) is 6.82. The van der Waals surface area contributed by atoms with Crippen LogP contribution in [0.3, 0.4) is 0 Å². The number of likely N-dealkylation sites (tertiary alicyclic amines) is 1. The van der Waals surface area contributed by atoms with E-state index in [4.69, 9.17) is 5.11 Å². The first-order valence-electron chi connectivity index (χ1n) is 8.33. The van der Waals surface area contributed by atoms with Gasteiger partial charge in [-0.3, -0.25) is 9.78 Å². The Morgan fingerprint density at radius 2 is 2.08 bits per heavy atom. The van der Waals surface area contributed by atoms with E-state index >= 15 is 0 Å². The van der Waals surface area contributed by atoms with Gasteiger partial charge in [0.2, 0.25) is 0 Å². The number of hydrogen-bond donors (Lipinski definition) is 2. The van der Waals surface area contributed by atoms with Crippen LogP contribution in [0.15, 0.2) is 24.5 Å². The van der Waals surface area contributed by atoms with Crippen molar-refractivity contribution in [2.45, 2.75) is 25.9 Å². The molecule has 3 atom stereocenters. The minimum atomic E-state index is -4.66. The summed E-state index contributed by atoms with van der Waals surface area (Å²) >= 11 is 0. The lowest BCUT2D eigenvalue weighted by Gasteiger charge is -2.24. The van der Waals surface area contributed by atoms with E-state index in [-0.39, 0.29) is 18.4 Å². The minimum absolute atomic E-state index is 0.0519. The Morgan fingerprint density at radius 3 is 2.54 bits per heavy atom. The molecule has 2 N–H and O–H groups in total. The number of carboxylic acid groups (broad SMARTS) is 1. The molecule has 144 valence electrons. The molecule has 2 heterocycles. The fraction of sp³-hybridized carbons (Fsp3) is 0.588. The molecule has 1 aliphatic rings. The van der Waals surface area contributed by atoms with E-state index in [9.17, 15) is 22.8 Å². The van der Waals surface area contributed by atoms with Crippen LogP contribution in [0.25, 0.3) is 0 Å². The zero-order chi connectivity index (χ0) is 19.5. The molecule has 0 radical (unpaired) electrons. The largest absolute Gasteiger partial charge is 0.481 e. The maximum atomic E-state index is 13.0. The highest BCUT2D eigenvalue weighted by molar-refractivity contribution is 5.77. The van der Waals surface area contributed by atoms with Crippen LogP contribution in [0, 0.1) is 17.8 Å². The van der Waals surface area contributed by atoms with Crippen molar-refractivity contribution >= 4 is 12.0 Å². The van der Waals surface area contributed by atoms with Crippen LogP contribution in [0.5, 0.6) is 0 Å². The Kier molecular flexibility index (Phi) is 6.09. The summed E-state index contributed by atoms with van der Waals surface area (Å²) < 4.78 is 39.1. The molecule has 0 saturated carbocycles. The van der Waals surface area contributed by atoms with Crippen molar-refractivity contribution in [3.63, 3.8) is 0 Å². The maximum Gasteiger partial charge on any atom is 0.394 e. The van der Waals surface area contributed by atoms with Crippen LogP contribution in [-0.4, -0.2) is 52.8 Å². The topological polar surface area (TPSA) is 82.5 Å². The van der Waals surface area contributed by atoms with E-state index in [0.29, 0.717) is 0 Å². The predicted octanol–water partition coefficient (Wildman–Crippen LogP) is 2.73. The summed E-state index contributed by atoms with van der Waals surface area (Å²) in [7, 11) is 0. The van der Waals surface area contributed by atoms with Gasteiger partial charge in [0.15, 0.2) is 0 Å². The van der Waals surface area contributed by atoms with Crippen molar-refractivity contribution in [2.75, 3.05) is 19.6 Å². The molecule has 9 heteroatoms. The van der Waals surface area contributed by atoms with Crippen LogP contribution < -0.4 is 5.32 Å². The minimum Gasteiger partial charge on any atom is -0.481 e. The van der Waals surface area contributed by atoms with E-state index in [1.807, 2.05) is 19.9 Å². The summed E-state index contributed by atoms with van der Waals surface area (Å²) in [6.45, 7) is 3.07. The number of aromatic nitrogens is 1. The zero-order valence-corrected chi connectivity index (χ0v) is 14.5. The highest BCUT2D eigenvalue weighted by Crippen LogP contribution is 2.37. The third-order valence-corrected chi connectivity index (χ3v) is 4.74. The van der Waals surface area contributed by atoms with E-state index in [1.165, 1.54) is 0 Å². The van der Waals surface area contributed by atoms with Gasteiger partial charge in [-0.15, -0.1) is 0 Å². The van der Waals surface area contributed by atoms with Crippen molar-refractivity contribution < 1.29 is 27.9 Å². The fourth-order valence-corrected chi connectivity index (χ4v) is 3.19. The molecule has 2 amide bonds. The third kappa shape index (κ3) is 4.64. The van der Waals surface area contributed by atoms with Crippen LogP contribution in [0.4, 0.5) is 18.0 Å². The number of carbonyl (C=O) groups is 2. The van der Waals surface area contributed by atoms with Crippen molar-refractivity contribution in [3.05, 3.63) is 30.1 Å². The number of carbonyl (C=O) groups excluding carboxylic acids is 1. The molecular weight excluding hydrogens is 351 g/mol. The molecule has 0 aliphatic carbocycles. The molecule has 1 fully saturated rings. The maximum absolute atomic E-state index is 13.0. The molecule has 1 saturated heterocycles. The molecule has 6 nitrogen and oxygen atoms in total. The van der Waals surface area contributed by atoms with Crippen LogP contribution in [-0.2, 0) is 4.79 Å². The second-order valence-corrected chi connectivity index (χ2v) is 6.82. The van der Waals surface area contributed by atoms with Gasteiger partial charge in [0, 0.05) is 37.9 Å². The quantitative estimate of drug-likeness (QED) is 0.831. The SMILES string of the molecule is CC(C)C(CNC(=O)N1C[C@@H](C(F)(F)F)[C@H](C(=O)O)C1)c1cccnc1. The number of urea groups is 1. The molecule has 0 bridgehead atoms. The summed E-state index contributed by atoms with van der Waals surface area (Å²) in [5, 5.41) is 11.7. The van der Waals surface area contributed by atoms with Crippen LogP contribution in [0.2, 0.25) is 0 Å². The number of hydrogen-bond acceptors (Lipinski definition) is 3. The van der Waals surface area contributed by atoms with Gasteiger partial charge in [-0.25, -0.2) is 4.79 Å². The molecule has 0 spiro atoms. The number of rotatable bonds is 5. The smallest absolute Gasteiger partial charge is 0.394 e. The van der Waals surface area contributed by atoms with Crippen LogP contribution in [0.1, 0.15) is 25.3 Å². The van der Waals surface area contributed by atoms with Crippen molar-refractivity contribution in [2.24, 2.45) is 17.8 Å². The van der Waals surface area contributed by atoms with E-state index < -0.39 is 43.1 Å². The number of amides is 2. The Morgan fingerprint density at radius 1 is 1.38 bits per heavy atom. The summed E-state index contributed by atoms with van der Waals surface area (Å²) in [5.74, 6) is -5.11. The van der Waals surface area contributed by atoms with Gasteiger partial charge in [-0.2, -0.15) is 13.2 Å². The number of nitrogens with one attached hydrogen (secondary N) is 1. The number of alkyl halides is 3. The molecule has 1 aromatic rings. The summed E-state index contributed by atoms with van der Waals surface area (Å²) in [4.78, 5) is 28.4. The van der Waals surface area contributed by atoms with Gasteiger partial charge in [-0.05, 0) is 17.5 Å². The molecule has 2 rings (SSSR count). The Labute approximate surface area is 149 Å². The lowest BCUT2D eigenvalue weighted by atomic mass is 9.89. The first kappa shape index (κ1) is 20.0. The fourth-order valence-electron chi connectivity index (χ4n) is 3.19. The summed E-state index contributed by atoms with van der Waals surface area (Å²) in [6.07, 6.45) is -1.34. The van der Waals surface area contributed by atoms with Gasteiger partial charge in [0.05, 0.1) is 11.8 Å². The average molecular weight is 373 g/mol. The first-order chi connectivity index (χ1) is 12.1. The van der Waals surface area contributed by atoms with E-state index in [2.05, 4.69) is 10.3 Å².